The molecular formula is C11H15N3S. The SMILES string of the molecule is NCc1nnc(C2C3C4CCC(C4)C23)s1. The second-order valence-electron chi connectivity index (χ2n) is 5.25. The van der Waals surface area contributed by atoms with Gasteiger partial charge in [-0.25, -0.2) is 0 Å². The molecule has 0 radical (unpaired) electrons. The summed E-state index contributed by atoms with van der Waals surface area (Å²) in [4.78, 5) is 0. The lowest BCUT2D eigenvalue weighted by Gasteiger charge is -2.04. The third-order valence-corrected chi connectivity index (χ3v) is 5.72. The maximum atomic E-state index is 5.57. The Balaban J connectivity index is 1.61. The number of hydrogen-bond donors (Lipinski definition) is 1. The van der Waals surface area contributed by atoms with Gasteiger partial charge in [-0.2, -0.15) is 0 Å². The van der Waals surface area contributed by atoms with Crippen LogP contribution in [-0.2, 0) is 6.54 Å². The molecular weight excluding hydrogens is 206 g/mol. The fourth-order valence-corrected chi connectivity index (χ4v) is 5.08. The van der Waals surface area contributed by atoms with E-state index in [0.717, 1.165) is 34.6 Å². The molecule has 3 nitrogen and oxygen atoms in total. The summed E-state index contributed by atoms with van der Waals surface area (Å²) < 4.78 is 0. The van der Waals surface area contributed by atoms with Crippen LogP contribution in [0.2, 0.25) is 0 Å². The van der Waals surface area contributed by atoms with Crippen molar-refractivity contribution in [2.45, 2.75) is 31.7 Å². The molecule has 3 aliphatic rings. The van der Waals surface area contributed by atoms with Gasteiger partial charge in [-0.3, -0.25) is 0 Å². The van der Waals surface area contributed by atoms with Crippen LogP contribution >= 0.6 is 11.3 Å². The van der Waals surface area contributed by atoms with Gasteiger partial charge in [0, 0.05) is 12.5 Å². The van der Waals surface area contributed by atoms with E-state index in [2.05, 4.69) is 10.2 Å². The third-order valence-electron chi connectivity index (χ3n) is 4.68. The van der Waals surface area contributed by atoms with E-state index in [9.17, 15) is 0 Å². The van der Waals surface area contributed by atoms with Gasteiger partial charge in [-0.15, -0.1) is 10.2 Å². The Kier molecular flexibility index (Phi) is 1.61. The monoisotopic (exact) mass is 221 g/mol. The molecule has 1 aromatic rings. The zero-order chi connectivity index (χ0) is 9.99. The van der Waals surface area contributed by atoms with Gasteiger partial charge in [-0.1, -0.05) is 11.3 Å². The first-order valence-electron chi connectivity index (χ1n) is 5.91. The standard InChI is InChI=1S/C11H15N3S/c12-4-7-13-14-11(15-7)10-8-5-1-2-6(3-5)9(8)10/h5-6,8-10H,1-4,12H2. The van der Waals surface area contributed by atoms with Crippen LogP contribution in [0.3, 0.4) is 0 Å². The quantitative estimate of drug-likeness (QED) is 0.828. The van der Waals surface area contributed by atoms with Crippen LogP contribution < -0.4 is 5.73 Å². The molecule has 1 heterocycles. The highest BCUT2D eigenvalue weighted by molar-refractivity contribution is 7.11. The Morgan fingerprint density at radius 2 is 1.93 bits per heavy atom. The average molecular weight is 221 g/mol. The lowest BCUT2D eigenvalue weighted by Crippen LogP contribution is -1.96. The molecule has 0 spiro atoms. The zero-order valence-electron chi connectivity index (χ0n) is 8.60. The van der Waals surface area contributed by atoms with E-state index in [-0.39, 0.29) is 0 Å². The lowest BCUT2D eigenvalue weighted by atomic mass is 10.0. The predicted octanol–water partition coefficient (Wildman–Crippen LogP) is 1.76. The van der Waals surface area contributed by atoms with Gasteiger partial charge in [0.25, 0.3) is 0 Å². The third kappa shape index (κ3) is 1.04. The van der Waals surface area contributed by atoms with Gasteiger partial charge < -0.3 is 5.73 Å². The molecule has 1 aromatic heterocycles. The molecule has 0 aliphatic heterocycles. The molecule has 3 saturated carbocycles. The Morgan fingerprint density at radius 3 is 2.53 bits per heavy atom. The highest BCUT2D eigenvalue weighted by Gasteiger charge is 2.66. The first-order valence-corrected chi connectivity index (χ1v) is 6.72. The molecule has 2 N–H and O–H groups in total. The minimum Gasteiger partial charge on any atom is -0.324 e. The molecule has 0 saturated heterocycles. The van der Waals surface area contributed by atoms with Gasteiger partial charge in [0.05, 0.1) is 0 Å². The van der Waals surface area contributed by atoms with Crippen molar-refractivity contribution in [3.05, 3.63) is 10.0 Å². The number of hydrogen-bond acceptors (Lipinski definition) is 4. The molecule has 0 amide bonds. The Hall–Kier alpha value is -0.480. The van der Waals surface area contributed by atoms with Gasteiger partial charge >= 0.3 is 0 Å². The van der Waals surface area contributed by atoms with Crippen LogP contribution in [0.25, 0.3) is 0 Å². The topological polar surface area (TPSA) is 51.8 Å². The van der Waals surface area contributed by atoms with Crippen LogP contribution in [0.5, 0.6) is 0 Å². The summed E-state index contributed by atoms with van der Waals surface area (Å²) >= 11 is 1.74. The average Bonchev–Trinajstić information content (AvgIpc) is 2.72. The van der Waals surface area contributed by atoms with Gasteiger partial charge in [0.1, 0.15) is 10.0 Å². The Morgan fingerprint density at radius 1 is 1.20 bits per heavy atom. The van der Waals surface area contributed by atoms with E-state index in [1.54, 1.807) is 11.3 Å². The van der Waals surface area contributed by atoms with Crippen molar-refractivity contribution in [1.29, 1.82) is 0 Å². The van der Waals surface area contributed by atoms with Crippen molar-refractivity contribution < 1.29 is 0 Å². The van der Waals surface area contributed by atoms with Crippen LogP contribution in [0, 0.1) is 23.7 Å². The minimum absolute atomic E-state index is 0.548. The lowest BCUT2D eigenvalue weighted by molar-refractivity contribution is 0.456. The van der Waals surface area contributed by atoms with E-state index < -0.39 is 0 Å². The predicted molar refractivity (Wildman–Crippen MR) is 58.4 cm³/mol. The summed E-state index contributed by atoms with van der Waals surface area (Å²) in [5.74, 6) is 4.77. The molecule has 4 heteroatoms. The molecule has 2 bridgehead atoms. The van der Waals surface area contributed by atoms with Gasteiger partial charge in [-0.05, 0) is 42.9 Å². The maximum absolute atomic E-state index is 5.57. The number of rotatable bonds is 2. The maximum Gasteiger partial charge on any atom is 0.131 e. The minimum atomic E-state index is 0.548. The second kappa shape index (κ2) is 2.80. The molecule has 3 fully saturated rings. The van der Waals surface area contributed by atoms with Crippen LogP contribution in [0.15, 0.2) is 0 Å². The fraction of sp³-hybridized carbons (Fsp3) is 0.818. The molecule has 4 rings (SSSR count). The van der Waals surface area contributed by atoms with Crippen molar-refractivity contribution in [2.24, 2.45) is 29.4 Å². The molecule has 4 unspecified atom stereocenters. The van der Waals surface area contributed by atoms with E-state index in [4.69, 9.17) is 5.73 Å². The highest BCUT2D eigenvalue weighted by Crippen LogP contribution is 2.73. The molecule has 80 valence electrons. The summed E-state index contributed by atoms with van der Waals surface area (Å²) in [6, 6.07) is 0. The molecule has 0 aromatic carbocycles. The van der Waals surface area contributed by atoms with Crippen LogP contribution in [0.1, 0.15) is 35.2 Å². The zero-order valence-corrected chi connectivity index (χ0v) is 9.41. The summed E-state index contributed by atoms with van der Waals surface area (Å²) in [5, 5.41) is 10.7. The fourth-order valence-electron chi connectivity index (χ4n) is 4.14. The van der Waals surface area contributed by atoms with Crippen molar-refractivity contribution in [3.63, 3.8) is 0 Å². The van der Waals surface area contributed by atoms with Crippen LogP contribution in [0.4, 0.5) is 0 Å². The summed E-state index contributed by atoms with van der Waals surface area (Å²) in [5.41, 5.74) is 5.57. The normalized spacial score (nSPS) is 45.8. The van der Waals surface area contributed by atoms with E-state index in [1.807, 2.05) is 0 Å². The van der Waals surface area contributed by atoms with E-state index in [0.29, 0.717) is 6.54 Å². The molecule has 15 heavy (non-hydrogen) atoms. The second-order valence-corrected chi connectivity index (χ2v) is 6.35. The number of fused-ring (bicyclic) bond motifs is 5. The Bertz CT molecular complexity index is 386. The van der Waals surface area contributed by atoms with Gasteiger partial charge in [0.2, 0.25) is 0 Å². The van der Waals surface area contributed by atoms with Crippen LogP contribution in [-0.4, -0.2) is 10.2 Å². The van der Waals surface area contributed by atoms with E-state index in [1.165, 1.54) is 24.3 Å². The van der Waals surface area contributed by atoms with Crippen molar-refractivity contribution in [1.82, 2.24) is 10.2 Å². The number of aromatic nitrogens is 2. The van der Waals surface area contributed by atoms with Gasteiger partial charge in [0.15, 0.2) is 0 Å². The van der Waals surface area contributed by atoms with E-state index >= 15 is 0 Å². The van der Waals surface area contributed by atoms with Crippen molar-refractivity contribution in [3.8, 4) is 0 Å². The number of nitrogens with two attached hydrogens (primary N) is 1. The summed E-state index contributed by atoms with van der Waals surface area (Å²) in [6.45, 7) is 0.548. The first-order chi connectivity index (χ1) is 7.38. The Labute approximate surface area is 93.1 Å². The largest absolute Gasteiger partial charge is 0.324 e. The van der Waals surface area contributed by atoms with Crippen molar-refractivity contribution in [2.75, 3.05) is 0 Å². The molecule has 3 aliphatic carbocycles. The smallest absolute Gasteiger partial charge is 0.131 e. The summed E-state index contributed by atoms with van der Waals surface area (Å²) in [6.07, 6.45) is 4.46. The molecule has 4 atom stereocenters. The first kappa shape index (κ1) is 8.65. The summed E-state index contributed by atoms with van der Waals surface area (Å²) in [7, 11) is 0. The highest BCUT2D eigenvalue weighted by atomic mass is 32.1. The van der Waals surface area contributed by atoms with Crippen molar-refractivity contribution >= 4 is 11.3 Å². The number of nitrogens with zero attached hydrogens (tertiary/aromatic N) is 2.